The van der Waals surface area contributed by atoms with Crippen LogP contribution in [0.15, 0.2) is 42.5 Å². The van der Waals surface area contributed by atoms with Gasteiger partial charge in [0.15, 0.2) is 0 Å². The lowest BCUT2D eigenvalue weighted by molar-refractivity contribution is -0.137. The van der Waals surface area contributed by atoms with E-state index in [-0.39, 0.29) is 36.7 Å². The number of rotatable bonds is 6. The predicted molar refractivity (Wildman–Crippen MR) is 109 cm³/mol. The van der Waals surface area contributed by atoms with Crippen LogP contribution in [0.5, 0.6) is 0 Å². The molecular weight excluding hydrogens is 412 g/mol. The van der Waals surface area contributed by atoms with Crippen LogP contribution in [0.25, 0.3) is 0 Å². The molecule has 1 amide bonds. The van der Waals surface area contributed by atoms with E-state index in [4.69, 9.17) is 4.74 Å². The van der Waals surface area contributed by atoms with Crippen LogP contribution in [0.4, 0.5) is 23.2 Å². The Morgan fingerprint density at radius 2 is 1.77 bits per heavy atom. The molecule has 0 saturated carbocycles. The van der Waals surface area contributed by atoms with Gasteiger partial charge >= 0.3 is 6.18 Å². The number of nitrogens with one attached hydrogen (secondary N) is 1. The average Bonchev–Trinajstić information content (AvgIpc) is 3.06. The van der Waals surface area contributed by atoms with E-state index in [1.807, 2.05) is 0 Å². The molecule has 0 radical (unpaired) electrons. The minimum Gasteiger partial charge on any atom is -0.379 e. The van der Waals surface area contributed by atoms with Gasteiger partial charge in [0.1, 0.15) is 5.82 Å². The van der Waals surface area contributed by atoms with Crippen LogP contribution < -0.4 is 10.2 Å². The first-order chi connectivity index (χ1) is 14.8. The molecule has 0 bridgehead atoms. The van der Waals surface area contributed by atoms with E-state index in [9.17, 15) is 22.4 Å². The third kappa shape index (κ3) is 4.60. The lowest BCUT2D eigenvalue weighted by Gasteiger charge is -2.38. The number of fused-ring (bicyclic) bond motifs is 1. The molecule has 1 saturated heterocycles. The fourth-order valence-corrected chi connectivity index (χ4v) is 4.45. The summed E-state index contributed by atoms with van der Waals surface area (Å²) < 4.78 is 58.1. The van der Waals surface area contributed by atoms with E-state index in [0.717, 1.165) is 43.6 Å². The van der Waals surface area contributed by atoms with Gasteiger partial charge in [-0.05, 0) is 67.4 Å². The minimum absolute atomic E-state index is 0.0373. The van der Waals surface area contributed by atoms with Crippen molar-refractivity contribution in [1.82, 2.24) is 5.32 Å². The molecule has 2 aromatic rings. The molecule has 166 valence electrons. The number of halogens is 4. The molecule has 0 aliphatic carbocycles. The topological polar surface area (TPSA) is 41.6 Å². The summed E-state index contributed by atoms with van der Waals surface area (Å²) in [5.74, 6) is -0.512. The number of amides is 1. The second kappa shape index (κ2) is 8.59. The lowest BCUT2D eigenvalue weighted by atomic mass is 9.74. The molecule has 31 heavy (non-hydrogen) atoms. The molecule has 0 aromatic heterocycles. The quantitative estimate of drug-likeness (QED) is 0.548. The second-order valence-corrected chi connectivity index (χ2v) is 8.15. The van der Waals surface area contributed by atoms with Crippen LogP contribution in [0.2, 0.25) is 0 Å². The van der Waals surface area contributed by atoms with Gasteiger partial charge < -0.3 is 15.0 Å². The number of anilines is 1. The van der Waals surface area contributed by atoms with Crippen LogP contribution >= 0.6 is 0 Å². The van der Waals surface area contributed by atoms with Crippen molar-refractivity contribution >= 4 is 11.6 Å². The third-order valence-electron chi connectivity index (χ3n) is 6.20. The van der Waals surface area contributed by atoms with Crippen molar-refractivity contribution in [2.45, 2.75) is 30.9 Å². The highest BCUT2D eigenvalue weighted by molar-refractivity contribution is 6.01. The van der Waals surface area contributed by atoms with Gasteiger partial charge in [-0.2, -0.15) is 13.2 Å². The number of piperidine rings is 1. The van der Waals surface area contributed by atoms with E-state index in [1.165, 1.54) is 23.1 Å². The summed E-state index contributed by atoms with van der Waals surface area (Å²) in [6.45, 7) is 2.64. The van der Waals surface area contributed by atoms with Gasteiger partial charge in [0.25, 0.3) is 0 Å². The first-order valence-electron chi connectivity index (χ1n) is 10.3. The number of hydrogen-bond acceptors (Lipinski definition) is 3. The maximum atomic E-state index is 13.4. The number of carbonyl (C=O) groups excluding carboxylic acids is 1. The third-order valence-corrected chi connectivity index (χ3v) is 6.20. The molecule has 2 aliphatic rings. The number of ether oxygens (including phenoxy) is 1. The zero-order valence-corrected chi connectivity index (χ0v) is 17.0. The normalized spacial score (nSPS) is 18.3. The molecule has 0 spiro atoms. The molecular formula is C23H24F4N2O2. The van der Waals surface area contributed by atoms with Gasteiger partial charge in [-0.15, -0.1) is 0 Å². The highest BCUT2D eigenvalue weighted by Crippen LogP contribution is 2.36. The number of hydrogen-bond donors (Lipinski definition) is 1. The number of carbonyl (C=O) groups is 1. The van der Waals surface area contributed by atoms with E-state index in [2.05, 4.69) is 5.32 Å². The zero-order valence-electron chi connectivity index (χ0n) is 17.0. The summed E-state index contributed by atoms with van der Waals surface area (Å²) in [7, 11) is 0. The number of alkyl halides is 3. The average molecular weight is 436 g/mol. The second-order valence-electron chi connectivity index (χ2n) is 8.15. The van der Waals surface area contributed by atoms with Crippen molar-refractivity contribution in [2.24, 2.45) is 0 Å². The zero-order chi connectivity index (χ0) is 22.1. The smallest absolute Gasteiger partial charge is 0.379 e. The fourth-order valence-electron chi connectivity index (χ4n) is 4.45. The Kier molecular flexibility index (Phi) is 6.03. The van der Waals surface area contributed by atoms with Gasteiger partial charge in [-0.25, -0.2) is 4.39 Å². The van der Waals surface area contributed by atoms with E-state index < -0.39 is 11.7 Å². The Morgan fingerprint density at radius 1 is 1.06 bits per heavy atom. The summed E-state index contributed by atoms with van der Waals surface area (Å²) in [5, 5.41) is 3.33. The summed E-state index contributed by atoms with van der Waals surface area (Å²) in [6, 6.07) is 9.90. The molecule has 1 N–H and O–H groups in total. The monoisotopic (exact) mass is 436 g/mol. The van der Waals surface area contributed by atoms with Crippen molar-refractivity contribution in [2.75, 3.05) is 37.7 Å². The first-order valence-corrected chi connectivity index (χ1v) is 10.3. The molecule has 2 heterocycles. The maximum absolute atomic E-state index is 13.4. The first kappa shape index (κ1) is 21.8. The van der Waals surface area contributed by atoms with Crippen molar-refractivity contribution < 1.29 is 27.1 Å². The largest absolute Gasteiger partial charge is 0.416 e. The molecule has 2 aromatic carbocycles. The van der Waals surface area contributed by atoms with Crippen molar-refractivity contribution in [3.63, 3.8) is 0 Å². The van der Waals surface area contributed by atoms with E-state index in [1.54, 1.807) is 12.1 Å². The molecule has 2 aliphatic heterocycles. The van der Waals surface area contributed by atoms with E-state index in [0.29, 0.717) is 17.9 Å². The molecule has 0 atom stereocenters. The summed E-state index contributed by atoms with van der Waals surface area (Å²) in [5.41, 5.74) is 0.952. The highest BCUT2D eigenvalue weighted by atomic mass is 19.4. The Labute approximate surface area is 178 Å². The molecule has 0 unspecified atom stereocenters. The summed E-state index contributed by atoms with van der Waals surface area (Å²) in [6.07, 6.45) is -2.77. The van der Waals surface area contributed by atoms with Gasteiger partial charge in [0.2, 0.25) is 5.91 Å². The van der Waals surface area contributed by atoms with Crippen LogP contribution in [0, 0.1) is 5.82 Å². The van der Waals surface area contributed by atoms with Gasteiger partial charge in [-0.1, -0.05) is 12.1 Å². The predicted octanol–water partition coefficient (Wildman–Crippen LogP) is 4.07. The van der Waals surface area contributed by atoms with Gasteiger partial charge in [-0.3, -0.25) is 4.79 Å². The van der Waals surface area contributed by atoms with E-state index >= 15 is 0 Å². The Morgan fingerprint density at radius 3 is 2.45 bits per heavy atom. The number of nitrogens with zero attached hydrogens (tertiary/aromatic N) is 1. The van der Waals surface area contributed by atoms with Crippen molar-refractivity contribution in [3.8, 4) is 0 Å². The Bertz CT molecular complexity index is 938. The highest BCUT2D eigenvalue weighted by Gasteiger charge is 2.36. The summed E-state index contributed by atoms with van der Waals surface area (Å²) >= 11 is 0. The van der Waals surface area contributed by atoms with Crippen molar-refractivity contribution in [3.05, 3.63) is 65.0 Å². The fraction of sp³-hybridized carbons (Fsp3) is 0.435. The van der Waals surface area contributed by atoms with Crippen LogP contribution in [0.3, 0.4) is 0 Å². The Balaban J connectivity index is 1.40. The summed E-state index contributed by atoms with van der Waals surface area (Å²) in [4.78, 5) is 13.8. The lowest BCUT2D eigenvalue weighted by Crippen LogP contribution is -2.43. The molecule has 4 rings (SSSR count). The van der Waals surface area contributed by atoms with Gasteiger partial charge in [0, 0.05) is 17.6 Å². The maximum Gasteiger partial charge on any atom is 0.416 e. The molecule has 4 nitrogen and oxygen atoms in total. The minimum atomic E-state index is -4.43. The van der Waals surface area contributed by atoms with Crippen LogP contribution in [-0.2, 0) is 27.5 Å². The SMILES string of the molecule is O=C1Cc2cc(C(F)(F)F)ccc2N1CCOCC1(c2ccc(F)cc2)CCNCC1. The van der Waals surface area contributed by atoms with Crippen LogP contribution in [-0.4, -0.2) is 38.8 Å². The molecule has 8 heteroatoms. The number of benzene rings is 2. The van der Waals surface area contributed by atoms with Crippen LogP contribution in [0.1, 0.15) is 29.5 Å². The van der Waals surface area contributed by atoms with Crippen molar-refractivity contribution in [1.29, 1.82) is 0 Å². The molecule has 1 fully saturated rings. The standard InChI is InChI=1S/C23H24F4N2O2/c24-19-4-1-17(2-5-19)22(7-9-28-10-8-22)15-31-12-11-29-20-6-3-18(23(25,26)27)13-16(20)14-21(29)30/h1-6,13,28H,7-12,14-15H2. The van der Waals surface area contributed by atoms with Gasteiger partial charge in [0.05, 0.1) is 25.2 Å². The Hall–Kier alpha value is -2.45.